The molecule has 2 N–H and O–H groups in total. The summed E-state index contributed by atoms with van der Waals surface area (Å²) in [6, 6.07) is 4.65. The number of aryl methyl sites for hydroxylation is 2. The molecule has 1 aromatic carbocycles. The molecule has 0 aromatic heterocycles. The Morgan fingerprint density at radius 3 is 2.14 bits per heavy atom. The van der Waals surface area contributed by atoms with Crippen LogP contribution in [-0.4, -0.2) is 11.7 Å². The van der Waals surface area contributed by atoms with Gasteiger partial charge >= 0.3 is 0 Å². The number of hydrogen-bond acceptors (Lipinski definition) is 2. The molecule has 1 aliphatic heterocycles. The molecule has 2 rings (SSSR count). The molecule has 1 atom stereocenters. The summed E-state index contributed by atoms with van der Waals surface area (Å²) in [5, 5.41) is 12.9. The van der Waals surface area contributed by atoms with E-state index in [9.17, 15) is 5.11 Å². The van der Waals surface area contributed by atoms with E-state index < -0.39 is 0 Å². The standard InChI is InChI=1S/C11H15NO.ClH/c1-7-5-9(10-3-4-12-10)6-8(2)11(7)13;/h5-6,10,12-13H,3-4H2,1-2H3;1H/t10-;/m0./s1. The maximum atomic E-state index is 9.58. The van der Waals surface area contributed by atoms with Crippen molar-refractivity contribution < 1.29 is 5.11 Å². The lowest BCUT2D eigenvalue weighted by atomic mass is 9.94. The van der Waals surface area contributed by atoms with Crippen LogP contribution in [0.5, 0.6) is 5.75 Å². The number of aromatic hydroxyl groups is 1. The van der Waals surface area contributed by atoms with Gasteiger partial charge in [-0.25, -0.2) is 0 Å². The van der Waals surface area contributed by atoms with Gasteiger partial charge in [-0.3, -0.25) is 0 Å². The zero-order valence-corrected chi connectivity index (χ0v) is 9.32. The molecular weight excluding hydrogens is 198 g/mol. The van der Waals surface area contributed by atoms with Gasteiger partial charge in [-0.2, -0.15) is 0 Å². The smallest absolute Gasteiger partial charge is 0.121 e. The zero-order chi connectivity index (χ0) is 9.42. The van der Waals surface area contributed by atoms with Gasteiger partial charge < -0.3 is 10.4 Å². The molecule has 2 nitrogen and oxygen atoms in total. The molecule has 0 radical (unpaired) electrons. The van der Waals surface area contributed by atoms with Crippen LogP contribution in [0.15, 0.2) is 12.1 Å². The summed E-state index contributed by atoms with van der Waals surface area (Å²) in [6.07, 6.45) is 1.21. The molecular formula is C11H16ClNO. The topological polar surface area (TPSA) is 32.3 Å². The van der Waals surface area contributed by atoms with E-state index in [4.69, 9.17) is 0 Å². The lowest BCUT2D eigenvalue weighted by Crippen LogP contribution is -2.34. The molecule has 0 unspecified atom stereocenters. The second kappa shape index (κ2) is 4.20. The lowest BCUT2D eigenvalue weighted by Gasteiger charge is -2.28. The third-order valence-electron chi connectivity index (χ3n) is 2.74. The maximum Gasteiger partial charge on any atom is 0.121 e. The molecule has 1 aromatic rings. The van der Waals surface area contributed by atoms with E-state index in [1.165, 1.54) is 12.0 Å². The molecule has 1 fully saturated rings. The summed E-state index contributed by atoms with van der Waals surface area (Å²) >= 11 is 0. The Balaban J connectivity index is 0.000000980. The predicted molar refractivity (Wildman–Crippen MR) is 60.2 cm³/mol. The van der Waals surface area contributed by atoms with Gasteiger partial charge in [0.15, 0.2) is 0 Å². The summed E-state index contributed by atoms with van der Waals surface area (Å²) < 4.78 is 0. The molecule has 0 spiro atoms. The Morgan fingerprint density at radius 1 is 1.29 bits per heavy atom. The molecule has 1 heterocycles. The van der Waals surface area contributed by atoms with Crippen molar-refractivity contribution in [1.29, 1.82) is 0 Å². The van der Waals surface area contributed by atoms with E-state index in [0.717, 1.165) is 17.7 Å². The van der Waals surface area contributed by atoms with Crippen LogP contribution in [0.25, 0.3) is 0 Å². The number of phenolic OH excluding ortho intramolecular Hbond substituents is 1. The first kappa shape index (κ1) is 11.3. The molecule has 0 amide bonds. The molecule has 1 aliphatic rings. The van der Waals surface area contributed by atoms with Gasteiger partial charge in [0.1, 0.15) is 5.75 Å². The van der Waals surface area contributed by atoms with Crippen molar-refractivity contribution in [2.24, 2.45) is 0 Å². The number of nitrogens with one attached hydrogen (secondary N) is 1. The number of halogens is 1. The third-order valence-corrected chi connectivity index (χ3v) is 2.74. The van der Waals surface area contributed by atoms with Crippen LogP contribution >= 0.6 is 12.4 Å². The van der Waals surface area contributed by atoms with E-state index in [1.54, 1.807) is 0 Å². The second-order valence-electron chi connectivity index (χ2n) is 3.80. The average molecular weight is 214 g/mol. The first-order valence-electron chi connectivity index (χ1n) is 4.72. The first-order valence-corrected chi connectivity index (χ1v) is 4.72. The Labute approximate surface area is 90.7 Å². The minimum atomic E-state index is 0. The van der Waals surface area contributed by atoms with Crippen molar-refractivity contribution in [3.05, 3.63) is 28.8 Å². The molecule has 0 aliphatic carbocycles. The van der Waals surface area contributed by atoms with Crippen LogP contribution in [0.3, 0.4) is 0 Å². The minimum absolute atomic E-state index is 0. The summed E-state index contributed by atoms with van der Waals surface area (Å²) in [6.45, 7) is 5.01. The summed E-state index contributed by atoms with van der Waals surface area (Å²) in [5.74, 6) is 0.433. The van der Waals surface area contributed by atoms with Crippen molar-refractivity contribution in [3.63, 3.8) is 0 Å². The van der Waals surface area contributed by atoms with Gasteiger partial charge in [0.25, 0.3) is 0 Å². The van der Waals surface area contributed by atoms with Crippen molar-refractivity contribution in [2.75, 3.05) is 6.54 Å². The minimum Gasteiger partial charge on any atom is -0.507 e. The van der Waals surface area contributed by atoms with Crippen molar-refractivity contribution in [2.45, 2.75) is 26.3 Å². The van der Waals surface area contributed by atoms with Crippen LogP contribution in [-0.2, 0) is 0 Å². The fourth-order valence-electron chi connectivity index (χ4n) is 1.76. The van der Waals surface area contributed by atoms with E-state index in [1.807, 2.05) is 13.8 Å². The average Bonchev–Trinajstić information content (AvgIpc) is 1.96. The highest BCUT2D eigenvalue weighted by Gasteiger charge is 2.19. The highest BCUT2D eigenvalue weighted by atomic mass is 35.5. The molecule has 0 saturated carbocycles. The number of benzene rings is 1. The van der Waals surface area contributed by atoms with Gasteiger partial charge in [0, 0.05) is 6.04 Å². The second-order valence-corrected chi connectivity index (χ2v) is 3.80. The van der Waals surface area contributed by atoms with Crippen molar-refractivity contribution >= 4 is 12.4 Å². The summed E-state index contributed by atoms with van der Waals surface area (Å²) in [5.41, 5.74) is 3.26. The molecule has 14 heavy (non-hydrogen) atoms. The van der Waals surface area contributed by atoms with Gasteiger partial charge in [-0.15, -0.1) is 12.4 Å². The molecule has 3 heteroatoms. The van der Waals surface area contributed by atoms with E-state index in [2.05, 4.69) is 17.4 Å². The fraction of sp³-hybridized carbons (Fsp3) is 0.455. The van der Waals surface area contributed by atoms with Gasteiger partial charge in [0.2, 0.25) is 0 Å². The van der Waals surface area contributed by atoms with Crippen LogP contribution in [0.1, 0.15) is 29.2 Å². The first-order chi connectivity index (χ1) is 6.18. The van der Waals surface area contributed by atoms with Crippen LogP contribution in [0, 0.1) is 13.8 Å². The van der Waals surface area contributed by atoms with Gasteiger partial charge in [-0.1, -0.05) is 12.1 Å². The number of hydrogen-bond donors (Lipinski definition) is 2. The Kier molecular flexibility index (Phi) is 3.40. The predicted octanol–water partition coefficient (Wildman–Crippen LogP) is 2.47. The molecule has 0 bridgehead atoms. The van der Waals surface area contributed by atoms with Crippen LogP contribution < -0.4 is 5.32 Å². The van der Waals surface area contributed by atoms with Gasteiger partial charge in [-0.05, 0) is 43.5 Å². The quantitative estimate of drug-likeness (QED) is 0.751. The summed E-state index contributed by atoms with van der Waals surface area (Å²) in [7, 11) is 0. The third kappa shape index (κ3) is 1.86. The maximum absolute atomic E-state index is 9.58. The van der Waals surface area contributed by atoms with E-state index in [-0.39, 0.29) is 12.4 Å². The SMILES string of the molecule is Cc1cc([C@@H]2CCN2)cc(C)c1O.Cl. The highest BCUT2D eigenvalue weighted by molar-refractivity contribution is 5.85. The lowest BCUT2D eigenvalue weighted by molar-refractivity contribution is 0.382. The summed E-state index contributed by atoms with van der Waals surface area (Å²) in [4.78, 5) is 0. The molecule has 78 valence electrons. The normalized spacial score (nSPS) is 19.7. The van der Waals surface area contributed by atoms with E-state index in [0.29, 0.717) is 11.8 Å². The largest absolute Gasteiger partial charge is 0.507 e. The Hall–Kier alpha value is -0.730. The van der Waals surface area contributed by atoms with Crippen LogP contribution in [0.2, 0.25) is 0 Å². The highest BCUT2D eigenvalue weighted by Crippen LogP contribution is 2.29. The number of phenols is 1. The zero-order valence-electron chi connectivity index (χ0n) is 8.50. The monoisotopic (exact) mass is 213 g/mol. The van der Waals surface area contributed by atoms with Crippen molar-refractivity contribution in [1.82, 2.24) is 5.32 Å². The van der Waals surface area contributed by atoms with Crippen LogP contribution in [0.4, 0.5) is 0 Å². The van der Waals surface area contributed by atoms with Gasteiger partial charge in [0.05, 0.1) is 0 Å². The molecule has 1 saturated heterocycles. The number of rotatable bonds is 1. The Morgan fingerprint density at radius 2 is 1.79 bits per heavy atom. The fourth-order valence-corrected chi connectivity index (χ4v) is 1.76. The van der Waals surface area contributed by atoms with E-state index >= 15 is 0 Å². The van der Waals surface area contributed by atoms with Crippen molar-refractivity contribution in [3.8, 4) is 5.75 Å². The Bertz CT molecular complexity index is 311.